The second-order valence-electron chi connectivity index (χ2n) is 7.30. The Bertz CT molecular complexity index is 881. The molecule has 0 spiro atoms. The molecular formula is C22H27N3. The molecule has 2 N–H and O–H groups in total. The predicted octanol–water partition coefficient (Wildman–Crippen LogP) is 4.88. The van der Waals surface area contributed by atoms with Gasteiger partial charge in [0, 0.05) is 33.5 Å². The third-order valence-corrected chi connectivity index (χ3v) is 5.46. The van der Waals surface area contributed by atoms with E-state index in [1.165, 1.54) is 46.1 Å². The molecule has 25 heavy (non-hydrogen) atoms. The van der Waals surface area contributed by atoms with Crippen LogP contribution in [0, 0.1) is 13.8 Å². The summed E-state index contributed by atoms with van der Waals surface area (Å²) in [6.07, 6.45) is 3.51. The fourth-order valence-corrected chi connectivity index (χ4v) is 4.27. The first kappa shape index (κ1) is 16.3. The number of pyridine rings is 1. The fourth-order valence-electron chi connectivity index (χ4n) is 4.27. The Labute approximate surface area is 149 Å². The molecule has 0 aliphatic carbocycles. The molecule has 0 unspecified atom stereocenters. The predicted molar refractivity (Wildman–Crippen MR) is 105 cm³/mol. The highest BCUT2D eigenvalue weighted by Gasteiger charge is 2.18. The third-order valence-electron chi connectivity index (χ3n) is 5.46. The number of nitrogens with one attached hydrogen (secondary N) is 2. The summed E-state index contributed by atoms with van der Waals surface area (Å²) in [4.78, 5) is 8.25. The number of aromatic amines is 1. The van der Waals surface area contributed by atoms with Crippen LogP contribution in [-0.4, -0.2) is 23.1 Å². The number of benzene rings is 1. The van der Waals surface area contributed by atoms with Gasteiger partial charge < -0.3 is 10.3 Å². The van der Waals surface area contributed by atoms with E-state index in [0.29, 0.717) is 5.92 Å². The molecule has 4 rings (SSSR count). The molecule has 0 saturated carbocycles. The summed E-state index contributed by atoms with van der Waals surface area (Å²) in [5, 5.41) is 4.83. The van der Waals surface area contributed by atoms with Crippen LogP contribution in [0.4, 0.5) is 0 Å². The number of fused-ring (bicyclic) bond motifs is 1. The van der Waals surface area contributed by atoms with Gasteiger partial charge in [-0.3, -0.25) is 4.98 Å². The minimum absolute atomic E-state index is 0.688. The van der Waals surface area contributed by atoms with Crippen molar-refractivity contribution in [2.24, 2.45) is 0 Å². The molecule has 1 fully saturated rings. The van der Waals surface area contributed by atoms with Crippen molar-refractivity contribution in [3.05, 3.63) is 52.8 Å². The van der Waals surface area contributed by atoms with Crippen LogP contribution in [-0.2, 0) is 6.42 Å². The zero-order chi connectivity index (χ0) is 17.4. The number of hydrogen-bond donors (Lipinski definition) is 2. The Morgan fingerprint density at radius 1 is 1.04 bits per heavy atom. The normalized spacial score (nSPS) is 15.8. The third kappa shape index (κ3) is 3.09. The van der Waals surface area contributed by atoms with Crippen molar-refractivity contribution < 1.29 is 0 Å². The van der Waals surface area contributed by atoms with E-state index >= 15 is 0 Å². The first-order valence-corrected chi connectivity index (χ1v) is 9.46. The lowest BCUT2D eigenvalue weighted by molar-refractivity contribution is 0.460. The highest BCUT2D eigenvalue weighted by atomic mass is 14.9. The average molecular weight is 333 g/mol. The summed E-state index contributed by atoms with van der Waals surface area (Å²) in [7, 11) is 0. The van der Waals surface area contributed by atoms with Crippen LogP contribution in [0.5, 0.6) is 0 Å². The molecule has 1 aliphatic rings. The minimum Gasteiger partial charge on any atom is -0.354 e. The lowest BCUT2D eigenvalue weighted by atomic mass is 9.89. The number of H-pyrrole nitrogens is 1. The number of aromatic nitrogens is 2. The van der Waals surface area contributed by atoms with Crippen LogP contribution < -0.4 is 5.32 Å². The minimum atomic E-state index is 0.688. The van der Waals surface area contributed by atoms with Crippen molar-refractivity contribution in [1.82, 2.24) is 15.3 Å². The van der Waals surface area contributed by atoms with Gasteiger partial charge in [-0.05, 0) is 81.4 Å². The molecule has 0 bridgehead atoms. The largest absolute Gasteiger partial charge is 0.354 e. The Morgan fingerprint density at radius 3 is 2.44 bits per heavy atom. The van der Waals surface area contributed by atoms with Crippen molar-refractivity contribution in [1.29, 1.82) is 0 Å². The Hall–Kier alpha value is -2.13. The van der Waals surface area contributed by atoms with Gasteiger partial charge in [0.05, 0.1) is 0 Å². The first-order chi connectivity index (χ1) is 12.2. The van der Waals surface area contributed by atoms with E-state index < -0.39 is 0 Å². The Balaban J connectivity index is 1.82. The molecule has 3 nitrogen and oxygen atoms in total. The van der Waals surface area contributed by atoms with Gasteiger partial charge in [-0.25, -0.2) is 0 Å². The summed E-state index contributed by atoms with van der Waals surface area (Å²) in [5.74, 6) is 0.688. The van der Waals surface area contributed by atoms with Gasteiger partial charge in [-0.1, -0.05) is 19.1 Å². The van der Waals surface area contributed by atoms with Crippen LogP contribution in [0.3, 0.4) is 0 Å². The van der Waals surface area contributed by atoms with E-state index in [9.17, 15) is 0 Å². The molecule has 1 aliphatic heterocycles. The van der Waals surface area contributed by atoms with E-state index in [4.69, 9.17) is 0 Å². The smallest absolute Gasteiger partial charge is 0.0498 e. The number of nitrogens with zero attached hydrogens (tertiary/aromatic N) is 1. The maximum Gasteiger partial charge on any atom is 0.0498 e. The second-order valence-corrected chi connectivity index (χ2v) is 7.30. The van der Waals surface area contributed by atoms with Crippen molar-refractivity contribution >= 4 is 10.9 Å². The molecule has 1 saturated heterocycles. The topological polar surface area (TPSA) is 40.7 Å². The van der Waals surface area contributed by atoms with E-state index in [1.54, 1.807) is 0 Å². The number of piperidine rings is 1. The molecule has 2 aromatic heterocycles. The number of hydrogen-bond acceptors (Lipinski definition) is 2. The van der Waals surface area contributed by atoms with Crippen molar-refractivity contribution in [2.75, 3.05) is 13.1 Å². The van der Waals surface area contributed by atoms with Gasteiger partial charge in [-0.15, -0.1) is 0 Å². The highest BCUT2D eigenvalue weighted by molar-refractivity contribution is 5.91. The summed E-state index contributed by atoms with van der Waals surface area (Å²) < 4.78 is 0. The van der Waals surface area contributed by atoms with Gasteiger partial charge in [0.25, 0.3) is 0 Å². The second kappa shape index (κ2) is 6.64. The lowest BCUT2D eigenvalue weighted by Gasteiger charge is -2.23. The van der Waals surface area contributed by atoms with Crippen LogP contribution in [0.15, 0.2) is 30.3 Å². The molecule has 3 aromatic rings. The molecule has 130 valence electrons. The van der Waals surface area contributed by atoms with Gasteiger partial charge >= 0.3 is 0 Å². The summed E-state index contributed by atoms with van der Waals surface area (Å²) in [6.45, 7) is 8.65. The number of rotatable bonds is 3. The standard InChI is InChI=1S/C22H27N3/c1-4-19-20-6-5-17(16-7-9-23-10-8-16)13-21(20)25-22(19)18-11-14(2)24-15(3)12-18/h5-6,11-13,16,23,25H,4,7-10H2,1-3H3. The van der Waals surface area contributed by atoms with Crippen molar-refractivity contribution in [2.45, 2.75) is 46.0 Å². The average Bonchev–Trinajstić information content (AvgIpc) is 2.99. The van der Waals surface area contributed by atoms with Crippen LogP contribution in [0.2, 0.25) is 0 Å². The molecule has 3 heterocycles. The van der Waals surface area contributed by atoms with E-state index in [2.05, 4.69) is 66.4 Å². The molecule has 3 heteroatoms. The van der Waals surface area contributed by atoms with Crippen molar-refractivity contribution in [3.8, 4) is 11.3 Å². The van der Waals surface area contributed by atoms with Crippen LogP contribution >= 0.6 is 0 Å². The van der Waals surface area contributed by atoms with Crippen LogP contribution in [0.1, 0.15) is 48.2 Å². The highest BCUT2D eigenvalue weighted by Crippen LogP contribution is 2.34. The monoisotopic (exact) mass is 333 g/mol. The molecule has 0 atom stereocenters. The zero-order valence-electron chi connectivity index (χ0n) is 15.4. The van der Waals surface area contributed by atoms with Gasteiger partial charge in [-0.2, -0.15) is 0 Å². The maximum absolute atomic E-state index is 4.52. The summed E-state index contributed by atoms with van der Waals surface area (Å²) in [6, 6.07) is 11.4. The van der Waals surface area contributed by atoms with Crippen molar-refractivity contribution in [3.63, 3.8) is 0 Å². The van der Waals surface area contributed by atoms with Gasteiger partial charge in [0.15, 0.2) is 0 Å². The van der Waals surface area contributed by atoms with E-state index in [0.717, 1.165) is 30.9 Å². The molecular weight excluding hydrogens is 306 g/mol. The van der Waals surface area contributed by atoms with Gasteiger partial charge in [0.1, 0.15) is 0 Å². The quantitative estimate of drug-likeness (QED) is 0.717. The molecule has 0 radical (unpaired) electrons. The Kier molecular flexibility index (Phi) is 4.34. The summed E-state index contributed by atoms with van der Waals surface area (Å²) in [5.41, 5.74) is 8.82. The Morgan fingerprint density at radius 2 is 1.76 bits per heavy atom. The van der Waals surface area contributed by atoms with E-state index in [-0.39, 0.29) is 0 Å². The van der Waals surface area contributed by atoms with Crippen LogP contribution in [0.25, 0.3) is 22.2 Å². The fraction of sp³-hybridized carbons (Fsp3) is 0.409. The lowest BCUT2D eigenvalue weighted by Crippen LogP contribution is -2.26. The molecule has 0 amide bonds. The van der Waals surface area contributed by atoms with Gasteiger partial charge in [0.2, 0.25) is 0 Å². The summed E-state index contributed by atoms with van der Waals surface area (Å²) >= 11 is 0. The zero-order valence-corrected chi connectivity index (χ0v) is 15.4. The maximum atomic E-state index is 4.52. The molecule has 1 aromatic carbocycles. The first-order valence-electron chi connectivity index (χ1n) is 9.46. The van der Waals surface area contributed by atoms with E-state index in [1.807, 2.05) is 0 Å². The SMILES string of the molecule is CCc1c(-c2cc(C)nc(C)c2)[nH]c2cc(C3CCNCC3)ccc12. The number of aryl methyl sites for hydroxylation is 3.